The molecular weight excluding hydrogens is 422 g/mol. The highest BCUT2D eigenvalue weighted by Gasteiger charge is 2.19. The van der Waals surface area contributed by atoms with Crippen LogP contribution < -0.4 is 5.32 Å². The molecule has 1 unspecified atom stereocenters. The molecule has 2 rings (SSSR count). The molecule has 2 N–H and O–H groups in total. The number of nitrogens with one attached hydrogen (secondary N) is 1. The normalized spacial score (nSPS) is 17.3. The van der Waals surface area contributed by atoms with E-state index < -0.39 is 18.5 Å². The molecule has 22 heavy (non-hydrogen) atoms. The van der Waals surface area contributed by atoms with Gasteiger partial charge in [-0.1, -0.05) is 15.9 Å². The Morgan fingerprint density at radius 2 is 2.18 bits per heavy atom. The molecule has 0 bridgehead atoms. The van der Waals surface area contributed by atoms with E-state index in [0.717, 1.165) is 12.8 Å². The SMILES string of the molecule is O=C(COC(=O)c1cc(Br)cc(Br)c1O)NCC1CCCO1. The maximum Gasteiger partial charge on any atom is 0.342 e. The van der Waals surface area contributed by atoms with Crippen molar-refractivity contribution in [1.29, 1.82) is 0 Å². The second-order valence-corrected chi connectivity index (χ2v) is 6.57. The van der Waals surface area contributed by atoms with Gasteiger partial charge >= 0.3 is 5.97 Å². The number of carbonyl (C=O) groups is 2. The third-order valence-corrected chi connectivity index (χ3v) is 4.20. The van der Waals surface area contributed by atoms with E-state index in [1.807, 2.05) is 0 Å². The lowest BCUT2D eigenvalue weighted by molar-refractivity contribution is -0.124. The van der Waals surface area contributed by atoms with Gasteiger partial charge in [0.05, 0.1) is 10.6 Å². The largest absolute Gasteiger partial charge is 0.506 e. The number of benzene rings is 1. The third kappa shape index (κ3) is 4.69. The molecule has 1 aliphatic heterocycles. The molecular formula is C14H15Br2NO5. The summed E-state index contributed by atoms with van der Waals surface area (Å²) in [5.74, 6) is -1.41. The van der Waals surface area contributed by atoms with Gasteiger partial charge in [-0.15, -0.1) is 0 Å². The molecule has 1 aliphatic rings. The van der Waals surface area contributed by atoms with Crippen LogP contribution in [-0.4, -0.2) is 42.8 Å². The van der Waals surface area contributed by atoms with Crippen molar-refractivity contribution in [3.63, 3.8) is 0 Å². The molecule has 0 radical (unpaired) electrons. The van der Waals surface area contributed by atoms with Gasteiger partial charge in [-0.2, -0.15) is 0 Å². The van der Waals surface area contributed by atoms with Crippen molar-refractivity contribution in [3.8, 4) is 5.75 Å². The zero-order valence-electron chi connectivity index (χ0n) is 11.6. The molecule has 1 aromatic rings. The third-order valence-electron chi connectivity index (χ3n) is 3.13. The standard InChI is InChI=1S/C14H15Br2NO5/c15-8-4-10(13(19)11(16)5-8)14(20)22-7-12(18)17-6-9-2-1-3-21-9/h4-5,9,19H,1-3,6-7H2,(H,17,18). The number of halogens is 2. The molecule has 0 aliphatic carbocycles. The Balaban J connectivity index is 1.83. The second kappa shape index (κ2) is 7.94. The van der Waals surface area contributed by atoms with Crippen molar-refractivity contribution < 1.29 is 24.2 Å². The highest BCUT2D eigenvalue weighted by Crippen LogP contribution is 2.32. The first kappa shape index (κ1) is 17.2. The average molecular weight is 437 g/mol. The molecule has 1 fully saturated rings. The van der Waals surface area contributed by atoms with Gasteiger partial charge in [-0.25, -0.2) is 4.79 Å². The number of ether oxygens (including phenoxy) is 2. The Bertz CT molecular complexity index is 573. The van der Waals surface area contributed by atoms with Crippen LogP contribution >= 0.6 is 31.9 Å². The lowest BCUT2D eigenvalue weighted by atomic mass is 10.2. The average Bonchev–Trinajstić information content (AvgIpc) is 2.99. The zero-order valence-corrected chi connectivity index (χ0v) is 14.8. The number of esters is 1. The fourth-order valence-corrected chi connectivity index (χ4v) is 3.24. The van der Waals surface area contributed by atoms with Gasteiger partial charge in [-0.3, -0.25) is 4.79 Å². The van der Waals surface area contributed by atoms with E-state index >= 15 is 0 Å². The summed E-state index contributed by atoms with van der Waals surface area (Å²) < 4.78 is 11.2. The van der Waals surface area contributed by atoms with Crippen LogP contribution in [-0.2, 0) is 14.3 Å². The molecule has 8 heteroatoms. The van der Waals surface area contributed by atoms with Crippen LogP contribution in [0.1, 0.15) is 23.2 Å². The predicted molar refractivity (Wildman–Crippen MR) is 85.8 cm³/mol. The molecule has 1 atom stereocenters. The summed E-state index contributed by atoms with van der Waals surface area (Å²) in [7, 11) is 0. The van der Waals surface area contributed by atoms with Gasteiger partial charge in [0.15, 0.2) is 6.61 Å². The van der Waals surface area contributed by atoms with Gasteiger partial charge in [0.2, 0.25) is 0 Å². The van der Waals surface area contributed by atoms with Crippen molar-refractivity contribution in [2.45, 2.75) is 18.9 Å². The molecule has 0 spiro atoms. The lowest BCUT2D eigenvalue weighted by Crippen LogP contribution is -2.34. The van der Waals surface area contributed by atoms with Gasteiger partial charge in [0, 0.05) is 17.6 Å². The fraction of sp³-hybridized carbons (Fsp3) is 0.429. The maximum absolute atomic E-state index is 11.9. The van der Waals surface area contributed by atoms with Gasteiger partial charge in [0.1, 0.15) is 11.3 Å². The monoisotopic (exact) mass is 435 g/mol. The first-order valence-corrected chi connectivity index (χ1v) is 8.29. The predicted octanol–water partition coefficient (Wildman–Crippen LogP) is 2.37. The molecule has 1 amide bonds. The molecule has 1 aromatic carbocycles. The van der Waals surface area contributed by atoms with Crippen LogP contribution in [0, 0.1) is 0 Å². The van der Waals surface area contributed by atoms with E-state index in [-0.39, 0.29) is 17.4 Å². The number of amides is 1. The number of carbonyl (C=O) groups excluding carboxylic acids is 2. The van der Waals surface area contributed by atoms with E-state index in [0.29, 0.717) is 22.1 Å². The smallest absolute Gasteiger partial charge is 0.342 e. The number of phenolic OH excluding ortho intramolecular Hbond substituents is 1. The molecule has 0 aromatic heterocycles. The number of aromatic hydroxyl groups is 1. The van der Waals surface area contributed by atoms with E-state index in [1.54, 1.807) is 6.07 Å². The minimum Gasteiger partial charge on any atom is -0.506 e. The van der Waals surface area contributed by atoms with Gasteiger partial charge < -0.3 is 19.9 Å². The Hall–Kier alpha value is -1.12. The Kier molecular flexibility index (Phi) is 6.22. The van der Waals surface area contributed by atoms with E-state index in [4.69, 9.17) is 9.47 Å². The van der Waals surface area contributed by atoms with Crippen molar-refractivity contribution in [2.75, 3.05) is 19.8 Å². The quantitative estimate of drug-likeness (QED) is 0.692. The topological polar surface area (TPSA) is 84.9 Å². The van der Waals surface area contributed by atoms with E-state index in [9.17, 15) is 14.7 Å². The van der Waals surface area contributed by atoms with Crippen LogP contribution in [0.3, 0.4) is 0 Å². The molecule has 120 valence electrons. The van der Waals surface area contributed by atoms with Crippen LogP contribution in [0.2, 0.25) is 0 Å². The van der Waals surface area contributed by atoms with Crippen LogP contribution in [0.15, 0.2) is 21.1 Å². The first-order valence-electron chi connectivity index (χ1n) is 6.71. The Morgan fingerprint density at radius 1 is 1.41 bits per heavy atom. The lowest BCUT2D eigenvalue weighted by Gasteiger charge is -2.11. The van der Waals surface area contributed by atoms with Gasteiger partial charge in [0.25, 0.3) is 5.91 Å². The molecule has 1 saturated heterocycles. The van der Waals surface area contributed by atoms with E-state index in [2.05, 4.69) is 37.2 Å². The summed E-state index contributed by atoms with van der Waals surface area (Å²) in [6, 6.07) is 3.02. The summed E-state index contributed by atoms with van der Waals surface area (Å²) in [5.41, 5.74) is -0.0202. The van der Waals surface area contributed by atoms with Crippen molar-refractivity contribution >= 4 is 43.7 Å². The minimum atomic E-state index is -0.772. The van der Waals surface area contributed by atoms with Crippen LogP contribution in [0.4, 0.5) is 0 Å². The van der Waals surface area contributed by atoms with Crippen molar-refractivity contribution in [3.05, 3.63) is 26.6 Å². The van der Waals surface area contributed by atoms with Crippen LogP contribution in [0.25, 0.3) is 0 Å². The first-order chi connectivity index (χ1) is 10.5. The summed E-state index contributed by atoms with van der Waals surface area (Å²) in [6.07, 6.45) is 1.94. The summed E-state index contributed by atoms with van der Waals surface area (Å²) >= 11 is 6.34. The number of phenols is 1. The highest BCUT2D eigenvalue weighted by molar-refractivity contribution is 9.11. The Morgan fingerprint density at radius 3 is 2.86 bits per heavy atom. The maximum atomic E-state index is 11.9. The molecule has 1 heterocycles. The Labute approximate surface area is 144 Å². The van der Waals surface area contributed by atoms with Crippen LogP contribution in [0.5, 0.6) is 5.75 Å². The minimum absolute atomic E-state index is 0.0202. The summed E-state index contributed by atoms with van der Waals surface area (Å²) in [4.78, 5) is 23.5. The second-order valence-electron chi connectivity index (χ2n) is 4.80. The molecule has 6 nitrogen and oxygen atoms in total. The fourth-order valence-electron chi connectivity index (χ4n) is 2.01. The number of hydrogen-bond acceptors (Lipinski definition) is 5. The number of hydrogen-bond donors (Lipinski definition) is 2. The number of rotatable bonds is 5. The molecule has 0 saturated carbocycles. The zero-order chi connectivity index (χ0) is 16.1. The van der Waals surface area contributed by atoms with E-state index in [1.165, 1.54) is 6.07 Å². The van der Waals surface area contributed by atoms with Crippen molar-refractivity contribution in [1.82, 2.24) is 5.32 Å². The van der Waals surface area contributed by atoms with Crippen molar-refractivity contribution in [2.24, 2.45) is 0 Å². The van der Waals surface area contributed by atoms with Gasteiger partial charge in [-0.05, 0) is 40.9 Å². The summed E-state index contributed by atoms with van der Waals surface area (Å²) in [6.45, 7) is 0.714. The highest BCUT2D eigenvalue weighted by atomic mass is 79.9. The summed E-state index contributed by atoms with van der Waals surface area (Å²) in [5, 5.41) is 12.5.